The predicted octanol–water partition coefficient (Wildman–Crippen LogP) is 6.90. The minimum atomic E-state index is -4.12. The molecular formula is C14H20Cl3O2P. The molecule has 0 saturated heterocycles. The molecule has 0 aliphatic carbocycles. The molecular weight excluding hydrogens is 337 g/mol. The van der Waals surface area contributed by atoms with E-state index >= 15 is 0 Å². The summed E-state index contributed by atoms with van der Waals surface area (Å²) < 4.78 is 11.4. The van der Waals surface area contributed by atoms with Gasteiger partial charge in [0.05, 0.1) is 0 Å². The Morgan fingerprint density at radius 3 is 1.30 bits per heavy atom. The Bertz CT molecular complexity index is 516. The zero-order valence-electron chi connectivity index (χ0n) is 12.6. The van der Waals surface area contributed by atoms with Crippen LogP contribution in [0.5, 0.6) is 11.5 Å². The molecule has 6 heteroatoms. The van der Waals surface area contributed by atoms with Gasteiger partial charge in [0.15, 0.2) is 0 Å². The van der Waals surface area contributed by atoms with Crippen molar-refractivity contribution < 1.29 is 9.05 Å². The second kappa shape index (κ2) is 4.32. The van der Waals surface area contributed by atoms with E-state index in [1.165, 1.54) is 0 Å². The number of benzene rings is 1. The van der Waals surface area contributed by atoms with Gasteiger partial charge in [-0.15, -0.1) is 0 Å². The summed E-state index contributed by atoms with van der Waals surface area (Å²) >= 11 is 18.4. The molecule has 0 saturated carbocycles. The third-order valence-electron chi connectivity index (χ3n) is 3.19. The summed E-state index contributed by atoms with van der Waals surface area (Å²) in [4.78, 5) is 0. The molecule has 0 spiro atoms. The van der Waals surface area contributed by atoms with Gasteiger partial charge in [0.1, 0.15) is 0 Å². The van der Waals surface area contributed by atoms with Crippen molar-refractivity contribution in [2.45, 2.75) is 52.4 Å². The third-order valence-corrected chi connectivity index (χ3v) is 5.36. The van der Waals surface area contributed by atoms with Gasteiger partial charge >= 0.3 is 135 Å². The number of hydrogen-bond donors (Lipinski definition) is 0. The molecule has 0 aromatic heterocycles. The van der Waals surface area contributed by atoms with E-state index < -0.39 is 5.12 Å². The molecule has 114 valence electrons. The Morgan fingerprint density at radius 2 is 1.05 bits per heavy atom. The molecule has 1 aromatic rings. The molecule has 0 fully saturated rings. The average Bonchev–Trinajstić information content (AvgIpc) is 2.41. The fraction of sp³-hybridized carbons (Fsp3) is 0.571. The fourth-order valence-corrected chi connectivity index (χ4v) is 4.43. The maximum atomic E-state index is 6.15. The Kier molecular flexibility index (Phi) is 3.56. The first-order valence-corrected chi connectivity index (χ1v) is 11.2. The van der Waals surface area contributed by atoms with E-state index in [4.69, 9.17) is 42.8 Å². The topological polar surface area (TPSA) is 18.5 Å². The summed E-state index contributed by atoms with van der Waals surface area (Å²) in [6.07, 6.45) is 0. The summed E-state index contributed by atoms with van der Waals surface area (Å²) in [5.74, 6) is 1.14. The first-order valence-electron chi connectivity index (χ1n) is 6.44. The van der Waals surface area contributed by atoms with E-state index in [-0.39, 0.29) is 10.8 Å². The van der Waals surface area contributed by atoms with Crippen LogP contribution >= 0.6 is 38.8 Å². The number of hydrogen-bond acceptors (Lipinski definition) is 2. The third kappa shape index (κ3) is 3.14. The minimum absolute atomic E-state index is 0.127. The summed E-state index contributed by atoms with van der Waals surface area (Å²) in [5.41, 5.74) is 1.71. The van der Waals surface area contributed by atoms with Crippen molar-refractivity contribution in [2.75, 3.05) is 0 Å². The normalized spacial score (nSPS) is 22.1. The molecule has 1 aromatic carbocycles. The second-order valence-electron chi connectivity index (χ2n) is 7.18. The molecule has 0 bridgehead atoms. The second-order valence-corrected chi connectivity index (χ2v) is 16.0. The van der Waals surface area contributed by atoms with Gasteiger partial charge in [-0.2, -0.15) is 0 Å². The van der Waals surface area contributed by atoms with Gasteiger partial charge in [0.2, 0.25) is 0 Å². The first kappa shape index (κ1) is 16.5. The molecule has 0 unspecified atom stereocenters. The van der Waals surface area contributed by atoms with Crippen molar-refractivity contribution in [3.8, 4) is 11.5 Å². The van der Waals surface area contributed by atoms with Crippen LogP contribution in [0.15, 0.2) is 12.1 Å². The monoisotopic (exact) mass is 356 g/mol. The Morgan fingerprint density at radius 1 is 0.750 bits per heavy atom. The van der Waals surface area contributed by atoms with Gasteiger partial charge in [-0.3, -0.25) is 0 Å². The zero-order chi connectivity index (χ0) is 15.6. The van der Waals surface area contributed by atoms with Crippen LogP contribution in [0.25, 0.3) is 0 Å². The van der Waals surface area contributed by atoms with Crippen molar-refractivity contribution in [3.05, 3.63) is 23.3 Å². The summed E-state index contributed by atoms with van der Waals surface area (Å²) in [5, 5.41) is -4.12. The molecule has 20 heavy (non-hydrogen) atoms. The SMILES string of the molecule is CC(C)(C)c1ccc(C(C)(C)C)c2c1OP(Cl)(Cl)(Cl)O2. The Labute approximate surface area is 135 Å². The van der Waals surface area contributed by atoms with E-state index in [1.54, 1.807) is 0 Å². The van der Waals surface area contributed by atoms with Gasteiger partial charge < -0.3 is 0 Å². The standard InChI is InChI=1S/C14H20Cl3O2P/c1-13(2,3)9-7-8-10(14(4,5)6)12-11(9)18-20(15,16,17)19-12/h7-8H,1-6H3. The van der Waals surface area contributed by atoms with Crippen molar-refractivity contribution in [2.24, 2.45) is 0 Å². The fourth-order valence-electron chi connectivity index (χ4n) is 2.23. The van der Waals surface area contributed by atoms with Crippen molar-refractivity contribution >= 4 is 38.8 Å². The van der Waals surface area contributed by atoms with E-state index in [2.05, 4.69) is 41.5 Å². The van der Waals surface area contributed by atoms with E-state index in [0.717, 1.165) is 11.1 Å². The quantitative estimate of drug-likeness (QED) is 0.470. The molecule has 0 radical (unpaired) electrons. The zero-order valence-corrected chi connectivity index (χ0v) is 15.7. The molecule has 0 atom stereocenters. The number of halogens is 3. The number of rotatable bonds is 0. The van der Waals surface area contributed by atoms with E-state index in [1.807, 2.05) is 12.1 Å². The molecule has 2 rings (SSSR count). The van der Waals surface area contributed by atoms with Crippen LogP contribution < -0.4 is 9.05 Å². The summed E-state index contributed by atoms with van der Waals surface area (Å²) in [7, 11) is 0. The molecule has 1 aliphatic heterocycles. The van der Waals surface area contributed by atoms with E-state index in [9.17, 15) is 0 Å². The molecule has 0 N–H and O–H groups in total. The van der Waals surface area contributed by atoms with Crippen molar-refractivity contribution in [1.29, 1.82) is 0 Å². The van der Waals surface area contributed by atoms with Crippen LogP contribution in [-0.2, 0) is 10.8 Å². The molecule has 0 amide bonds. The van der Waals surface area contributed by atoms with Gasteiger partial charge in [-0.1, -0.05) is 0 Å². The van der Waals surface area contributed by atoms with Gasteiger partial charge in [-0.25, -0.2) is 0 Å². The van der Waals surface area contributed by atoms with E-state index in [0.29, 0.717) is 11.5 Å². The van der Waals surface area contributed by atoms with Crippen LogP contribution in [0.3, 0.4) is 0 Å². The maximum absolute atomic E-state index is 6.15. The summed E-state index contributed by atoms with van der Waals surface area (Å²) in [6, 6.07) is 4.07. The van der Waals surface area contributed by atoms with Crippen LogP contribution in [-0.4, -0.2) is 0 Å². The molecule has 1 heterocycles. The Hall–Kier alpha value is 0.120. The summed E-state index contributed by atoms with van der Waals surface area (Å²) in [6.45, 7) is 12.5. The number of fused-ring (bicyclic) bond motifs is 1. The molecule has 2 nitrogen and oxygen atoms in total. The van der Waals surface area contributed by atoms with Crippen molar-refractivity contribution in [1.82, 2.24) is 0 Å². The van der Waals surface area contributed by atoms with Gasteiger partial charge in [-0.05, 0) is 0 Å². The van der Waals surface area contributed by atoms with Gasteiger partial charge in [0.25, 0.3) is 0 Å². The van der Waals surface area contributed by atoms with Crippen LogP contribution in [0.4, 0.5) is 0 Å². The average molecular weight is 358 g/mol. The van der Waals surface area contributed by atoms with Crippen LogP contribution in [0.2, 0.25) is 0 Å². The van der Waals surface area contributed by atoms with Gasteiger partial charge in [0, 0.05) is 0 Å². The molecule has 1 aliphatic rings. The van der Waals surface area contributed by atoms with Crippen LogP contribution in [0, 0.1) is 0 Å². The Balaban J connectivity index is 2.72. The predicted molar refractivity (Wildman–Crippen MR) is 89.6 cm³/mol. The first-order chi connectivity index (χ1) is 8.68. The van der Waals surface area contributed by atoms with Crippen molar-refractivity contribution in [3.63, 3.8) is 0 Å². The van der Waals surface area contributed by atoms with Crippen LogP contribution in [0.1, 0.15) is 52.7 Å².